The molecule has 5 nitrogen and oxygen atoms in total. The van der Waals surface area contributed by atoms with E-state index in [1.165, 1.54) is 5.56 Å². The van der Waals surface area contributed by atoms with E-state index in [2.05, 4.69) is 71.3 Å². The molecule has 0 aliphatic carbocycles. The molecule has 3 heterocycles. The maximum absolute atomic E-state index is 5.05. The van der Waals surface area contributed by atoms with Gasteiger partial charge in [0.05, 0.1) is 17.4 Å². The summed E-state index contributed by atoms with van der Waals surface area (Å²) < 4.78 is 0. The van der Waals surface area contributed by atoms with Gasteiger partial charge in [-0.25, -0.2) is 4.99 Å². The zero-order valence-corrected chi connectivity index (χ0v) is 15.9. The van der Waals surface area contributed by atoms with Crippen molar-refractivity contribution in [3.05, 3.63) is 42.1 Å². The first-order chi connectivity index (χ1) is 12.7. The lowest BCUT2D eigenvalue weighted by Crippen LogP contribution is -2.52. The van der Waals surface area contributed by atoms with E-state index >= 15 is 0 Å². The molecular weight excluding hydrogens is 322 g/mol. The molecule has 1 saturated heterocycles. The Kier molecular flexibility index (Phi) is 4.64. The highest BCUT2D eigenvalue weighted by molar-refractivity contribution is 6.47. The summed E-state index contributed by atoms with van der Waals surface area (Å²) in [6.07, 6.45) is 9.55. The monoisotopic (exact) mass is 349 g/mol. The van der Waals surface area contributed by atoms with Gasteiger partial charge in [-0.3, -0.25) is 9.89 Å². The van der Waals surface area contributed by atoms with Crippen LogP contribution in [0.4, 0.5) is 11.4 Å². The molecule has 26 heavy (non-hydrogen) atoms. The second kappa shape index (κ2) is 7.08. The first-order valence-corrected chi connectivity index (χ1v) is 9.48. The number of piperazine rings is 1. The first kappa shape index (κ1) is 17.0. The van der Waals surface area contributed by atoms with Crippen LogP contribution in [0.1, 0.15) is 25.8 Å². The second-order valence-corrected chi connectivity index (χ2v) is 7.27. The number of likely N-dealkylation sites (N-methyl/N-ethyl adjacent to an activating group) is 1. The summed E-state index contributed by atoms with van der Waals surface area (Å²) in [6.45, 7) is 8.33. The van der Waals surface area contributed by atoms with Gasteiger partial charge in [-0.2, -0.15) is 0 Å². The van der Waals surface area contributed by atoms with Crippen molar-refractivity contribution in [2.24, 2.45) is 9.98 Å². The van der Waals surface area contributed by atoms with E-state index in [4.69, 9.17) is 9.98 Å². The van der Waals surface area contributed by atoms with Gasteiger partial charge in [0.25, 0.3) is 0 Å². The number of allylic oxidation sites excluding steroid dienone is 1. The van der Waals surface area contributed by atoms with Crippen molar-refractivity contribution in [3.8, 4) is 0 Å². The van der Waals surface area contributed by atoms with Crippen LogP contribution in [-0.4, -0.2) is 60.7 Å². The van der Waals surface area contributed by atoms with Crippen LogP contribution in [0.2, 0.25) is 0 Å². The molecule has 5 heteroatoms. The Bertz CT molecular complexity index is 797. The summed E-state index contributed by atoms with van der Waals surface area (Å²) in [5.41, 5.74) is 3.32. The molecule has 1 aromatic carbocycles. The number of amidine groups is 2. The van der Waals surface area contributed by atoms with Crippen molar-refractivity contribution in [2.45, 2.75) is 26.3 Å². The van der Waals surface area contributed by atoms with E-state index in [1.54, 1.807) is 0 Å². The lowest BCUT2D eigenvalue weighted by molar-refractivity contribution is 0.217. The van der Waals surface area contributed by atoms with Crippen LogP contribution in [0.15, 0.2) is 46.5 Å². The van der Waals surface area contributed by atoms with Crippen molar-refractivity contribution in [1.29, 1.82) is 0 Å². The summed E-state index contributed by atoms with van der Waals surface area (Å²) >= 11 is 0. The Morgan fingerprint density at radius 1 is 1.12 bits per heavy atom. The van der Waals surface area contributed by atoms with E-state index in [0.29, 0.717) is 0 Å². The summed E-state index contributed by atoms with van der Waals surface area (Å²) in [5, 5.41) is 0. The largest absolute Gasteiger partial charge is 0.351 e. The van der Waals surface area contributed by atoms with E-state index in [0.717, 1.165) is 55.6 Å². The molecule has 4 rings (SSSR count). The lowest BCUT2D eigenvalue weighted by Gasteiger charge is -2.38. The zero-order chi connectivity index (χ0) is 18.1. The summed E-state index contributed by atoms with van der Waals surface area (Å²) in [7, 11) is 2.18. The Morgan fingerprint density at radius 2 is 1.92 bits per heavy atom. The highest BCUT2D eigenvalue weighted by Gasteiger charge is 2.31. The molecule has 0 amide bonds. The molecule has 1 unspecified atom stereocenters. The normalized spacial score (nSPS) is 23.4. The molecule has 1 atom stereocenters. The average Bonchev–Trinajstić information content (AvgIpc) is 2.84. The van der Waals surface area contributed by atoms with Crippen LogP contribution >= 0.6 is 0 Å². The Labute approximate surface area is 156 Å². The number of rotatable bonds is 1. The fourth-order valence-electron chi connectivity index (χ4n) is 3.64. The fraction of sp³-hybridized carbons (Fsp3) is 0.429. The minimum Gasteiger partial charge on any atom is -0.351 e. The number of hydrogen-bond donors (Lipinski definition) is 0. The minimum absolute atomic E-state index is 0.268. The van der Waals surface area contributed by atoms with Crippen LogP contribution in [0.5, 0.6) is 0 Å². The maximum atomic E-state index is 5.05. The van der Waals surface area contributed by atoms with Gasteiger partial charge in [-0.15, -0.1) is 0 Å². The van der Waals surface area contributed by atoms with Gasteiger partial charge >= 0.3 is 0 Å². The van der Waals surface area contributed by atoms with Crippen molar-refractivity contribution < 1.29 is 0 Å². The van der Waals surface area contributed by atoms with Crippen molar-refractivity contribution in [1.82, 2.24) is 9.80 Å². The molecule has 1 fully saturated rings. The van der Waals surface area contributed by atoms with Crippen molar-refractivity contribution in [2.75, 3.05) is 38.1 Å². The number of nitrogens with zero attached hydrogens (tertiary/aromatic N) is 5. The number of aliphatic imine (C=N–C) groups is 2. The fourth-order valence-corrected chi connectivity index (χ4v) is 3.64. The van der Waals surface area contributed by atoms with Crippen LogP contribution < -0.4 is 4.90 Å². The maximum Gasteiger partial charge on any atom is 0.176 e. The van der Waals surface area contributed by atoms with Gasteiger partial charge in [0.1, 0.15) is 0 Å². The molecule has 3 aliphatic rings. The topological polar surface area (TPSA) is 34.4 Å². The molecule has 0 spiro atoms. The highest BCUT2D eigenvalue weighted by Crippen LogP contribution is 2.36. The van der Waals surface area contributed by atoms with Crippen LogP contribution in [0.25, 0.3) is 6.08 Å². The molecule has 0 bridgehead atoms. The summed E-state index contributed by atoms with van der Waals surface area (Å²) in [5.74, 6) is 2.00. The van der Waals surface area contributed by atoms with E-state index in [-0.39, 0.29) is 6.04 Å². The van der Waals surface area contributed by atoms with Crippen LogP contribution in [0.3, 0.4) is 0 Å². The number of benzene rings is 1. The predicted octanol–water partition coefficient (Wildman–Crippen LogP) is 3.52. The van der Waals surface area contributed by atoms with Gasteiger partial charge < -0.3 is 9.80 Å². The third kappa shape index (κ3) is 3.19. The van der Waals surface area contributed by atoms with E-state index < -0.39 is 0 Å². The smallest absolute Gasteiger partial charge is 0.176 e. The van der Waals surface area contributed by atoms with Gasteiger partial charge in [-0.05, 0) is 45.0 Å². The predicted molar refractivity (Wildman–Crippen MR) is 110 cm³/mol. The zero-order valence-electron chi connectivity index (χ0n) is 15.9. The van der Waals surface area contributed by atoms with Gasteiger partial charge in [0.2, 0.25) is 0 Å². The standard InChI is InChI=1S/C21H27N5/c1-4-6-17-8-9-18-19(15-17)26-10-5-7-16(2)22-21(26)20(23-18)25-13-11-24(3)12-14-25/h4-6,8-10,15-16H,7,11-14H2,1-3H3. The lowest BCUT2D eigenvalue weighted by atomic mass is 10.1. The molecule has 0 aromatic heterocycles. The van der Waals surface area contributed by atoms with Crippen molar-refractivity contribution in [3.63, 3.8) is 0 Å². The van der Waals surface area contributed by atoms with Gasteiger partial charge in [-0.1, -0.05) is 24.3 Å². The number of hydrogen-bond acceptors (Lipinski definition) is 5. The summed E-state index contributed by atoms with van der Waals surface area (Å²) in [4.78, 5) is 17.1. The SMILES string of the molecule is CC=Cc1ccc2c(c1)N1C=CCC(C)N=C1C(N1CCN(C)CC1)=N2. The Hall–Kier alpha value is -2.40. The molecule has 136 valence electrons. The molecule has 0 saturated carbocycles. The molecule has 0 radical (unpaired) electrons. The summed E-state index contributed by atoms with van der Waals surface area (Å²) in [6, 6.07) is 6.73. The van der Waals surface area contributed by atoms with Gasteiger partial charge in [0.15, 0.2) is 11.7 Å². The number of fused-ring (bicyclic) bond motifs is 3. The molecule has 0 N–H and O–H groups in total. The highest BCUT2D eigenvalue weighted by atomic mass is 15.3. The Morgan fingerprint density at radius 3 is 2.69 bits per heavy atom. The van der Waals surface area contributed by atoms with Gasteiger partial charge in [0, 0.05) is 32.4 Å². The number of anilines is 1. The second-order valence-electron chi connectivity index (χ2n) is 7.27. The quantitative estimate of drug-likeness (QED) is 0.778. The first-order valence-electron chi connectivity index (χ1n) is 9.48. The molecule has 1 aromatic rings. The third-order valence-corrected chi connectivity index (χ3v) is 5.15. The van der Waals surface area contributed by atoms with Crippen LogP contribution in [-0.2, 0) is 0 Å². The van der Waals surface area contributed by atoms with Crippen molar-refractivity contribution >= 4 is 29.1 Å². The Balaban J connectivity index is 1.81. The third-order valence-electron chi connectivity index (χ3n) is 5.15. The molecule has 3 aliphatic heterocycles. The molecular formula is C21H27N5. The van der Waals surface area contributed by atoms with Crippen LogP contribution in [0, 0.1) is 0 Å². The van der Waals surface area contributed by atoms with E-state index in [9.17, 15) is 0 Å². The minimum atomic E-state index is 0.268. The van der Waals surface area contributed by atoms with E-state index in [1.807, 2.05) is 6.92 Å². The average molecular weight is 349 g/mol.